The lowest BCUT2D eigenvalue weighted by atomic mass is 9.49. The van der Waals surface area contributed by atoms with Crippen LogP contribution in [0.3, 0.4) is 0 Å². The van der Waals surface area contributed by atoms with Gasteiger partial charge < -0.3 is 19.1 Å². The highest BCUT2D eigenvalue weighted by Gasteiger charge is 2.51. The summed E-state index contributed by atoms with van der Waals surface area (Å²) in [4.78, 5) is 21.6. The van der Waals surface area contributed by atoms with E-state index in [9.17, 15) is 4.79 Å². The number of alkyl carbamates (subject to hydrolysis) is 1. The van der Waals surface area contributed by atoms with Gasteiger partial charge in [-0.25, -0.2) is 9.78 Å². The Balaban J connectivity index is 1.32. The van der Waals surface area contributed by atoms with Crippen molar-refractivity contribution in [1.29, 1.82) is 0 Å². The second kappa shape index (κ2) is 7.89. The molecule has 2 aromatic heterocycles. The summed E-state index contributed by atoms with van der Waals surface area (Å²) in [7, 11) is 1.92. The van der Waals surface area contributed by atoms with Crippen LogP contribution in [-0.4, -0.2) is 31.4 Å². The topological polar surface area (TPSA) is 95.1 Å². The molecule has 4 bridgehead atoms. The Morgan fingerprint density at radius 2 is 1.91 bits per heavy atom. The van der Waals surface area contributed by atoms with Crippen LogP contribution in [-0.2, 0) is 24.6 Å². The summed E-state index contributed by atoms with van der Waals surface area (Å²) in [5.41, 5.74) is 0.595. The van der Waals surface area contributed by atoms with Gasteiger partial charge in [0.1, 0.15) is 11.6 Å². The number of carbonyl (C=O) groups excluding carboxylic acids is 1. The molecule has 8 heteroatoms. The van der Waals surface area contributed by atoms with Crippen molar-refractivity contribution < 1.29 is 14.1 Å². The van der Waals surface area contributed by atoms with Crippen LogP contribution < -0.4 is 5.32 Å². The number of nitrogens with one attached hydrogen (secondary N) is 1. The van der Waals surface area contributed by atoms with Crippen molar-refractivity contribution in [2.24, 2.45) is 30.2 Å². The van der Waals surface area contributed by atoms with E-state index in [0.717, 1.165) is 35.7 Å². The fourth-order valence-electron chi connectivity index (χ4n) is 6.75. The van der Waals surface area contributed by atoms with E-state index in [1.165, 1.54) is 38.5 Å². The van der Waals surface area contributed by atoms with Crippen LogP contribution in [0.2, 0.25) is 0 Å². The molecule has 1 amide bonds. The SMILES string of the molecule is Cn1cnc(C[C@H](NC(=O)OC(C)(C)C)c2nc(CC34CC5CC(CC(C5)C3)C4)no2)c1. The fraction of sp³-hybridized carbons (Fsp3) is 0.750. The predicted molar refractivity (Wildman–Crippen MR) is 118 cm³/mol. The molecule has 32 heavy (non-hydrogen) atoms. The van der Waals surface area contributed by atoms with Gasteiger partial charge in [-0.2, -0.15) is 4.98 Å². The molecule has 4 saturated carbocycles. The average Bonchev–Trinajstić information content (AvgIpc) is 3.27. The van der Waals surface area contributed by atoms with Crippen LogP contribution in [0.1, 0.15) is 82.7 Å². The number of aromatic nitrogens is 4. The van der Waals surface area contributed by atoms with Gasteiger partial charge in [0.15, 0.2) is 5.82 Å². The maximum absolute atomic E-state index is 12.5. The lowest BCUT2D eigenvalue weighted by Gasteiger charge is -2.56. The molecule has 8 nitrogen and oxygen atoms in total. The molecule has 2 aromatic rings. The number of rotatable bonds is 6. The van der Waals surface area contributed by atoms with Crippen molar-refractivity contribution in [1.82, 2.24) is 25.0 Å². The first-order valence-corrected chi connectivity index (χ1v) is 11.9. The number of carbonyl (C=O) groups is 1. The van der Waals surface area contributed by atoms with Crippen molar-refractivity contribution in [3.8, 4) is 0 Å². The van der Waals surface area contributed by atoms with Crippen molar-refractivity contribution in [3.63, 3.8) is 0 Å². The number of aryl methyl sites for hydroxylation is 1. The zero-order valence-electron chi connectivity index (χ0n) is 19.6. The van der Waals surface area contributed by atoms with E-state index in [1.807, 2.05) is 38.6 Å². The third-order valence-corrected chi connectivity index (χ3v) is 7.34. The largest absolute Gasteiger partial charge is 0.444 e. The van der Waals surface area contributed by atoms with Crippen LogP contribution in [0.5, 0.6) is 0 Å². The minimum absolute atomic E-state index is 0.338. The Kier molecular flexibility index (Phi) is 5.29. The lowest BCUT2D eigenvalue weighted by molar-refractivity contribution is -0.0533. The molecule has 0 unspecified atom stereocenters. The Hall–Kier alpha value is -2.38. The molecule has 4 aliphatic rings. The van der Waals surface area contributed by atoms with Crippen molar-refractivity contribution in [3.05, 3.63) is 29.9 Å². The summed E-state index contributed by atoms with van der Waals surface area (Å²) in [5.74, 6) is 3.84. The highest BCUT2D eigenvalue weighted by atomic mass is 16.6. The van der Waals surface area contributed by atoms with E-state index in [0.29, 0.717) is 17.7 Å². The first-order valence-electron chi connectivity index (χ1n) is 11.9. The zero-order valence-corrected chi connectivity index (χ0v) is 19.6. The van der Waals surface area contributed by atoms with Gasteiger partial charge in [-0.3, -0.25) is 0 Å². The number of hydrogen-bond acceptors (Lipinski definition) is 6. The summed E-state index contributed by atoms with van der Waals surface area (Å²) in [6.45, 7) is 5.53. The second-order valence-electron chi connectivity index (χ2n) is 11.6. The molecule has 0 saturated heterocycles. The van der Waals surface area contributed by atoms with Crippen LogP contribution >= 0.6 is 0 Å². The minimum atomic E-state index is -0.585. The number of nitrogens with zero attached hydrogens (tertiary/aromatic N) is 4. The van der Waals surface area contributed by atoms with E-state index >= 15 is 0 Å². The summed E-state index contributed by atoms with van der Waals surface area (Å²) in [5, 5.41) is 7.25. The van der Waals surface area contributed by atoms with Crippen LogP contribution in [0.25, 0.3) is 0 Å². The summed E-state index contributed by atoms with van der Waals surface area (Å²) in [6.07, 6.45) is 12.7. The van der Waals surface area contributed by atoms with Crippen molar-refractivity contribution in [2.75, 3.05) is 0 Å². The third kappa shape index (κ3) is 4.69. The van der Waals surface area contributed by atoms with Gasteiger partial charge in [0.25, 0.3) is 0 Å². The van der Waals surface area contributed by atoms with Crippen LogP contribution in [0.15, 0.2) is 17.0 Å². The lowest BCUT2D eigenvalue weighted by Crippen LogP contribution is -2.47. The van der Waals surface area contributed by atoms with Gasteiger partial charge in [-0.05, 0) is 82.5 Å². The number of hydrogen-bond donors (Lipinski definition) is 1. The average molecular weight is 442 g/mol. The number of ether oxygens (including phenoxy) is 1. The fourth-order valence-corrected chi connectivity index (χ4v) is 6.75. The first-order chi connectivity index (χ1) is 15.1. The highest BCUT2D eigenvalue weighted by Crippen LogP contribution is 2.60. The molecule has 174 valence electrons. The molecule has 0 radical (unpaired) electrons. The molecule has 0 aromatic carbocycles. The molecule has 1 atom stereocenters. The molecule has 0 spiro atoms. The maximum atomic E-state index is 12.5. The molecule has 1 N–H and O–H groups in total. The monoisotopic (exact) mass is 441 g/mol. The molecular weight excluding hydrogens is 406 g/mol. The summed E-state index contributed by atoms with van der Waals surface area (Å²) in [6, 6.07) is -0.489. The number of amides is 1. The van der Waals surface area contributed by atoms with Gasteiger partial charge in [0, 0.05) is 26.1 Å². The Morgan fingerprint density at radius 3 is 2.47 bits per heavy atom. The van der Waals surface area contributed by atoms with Gasteiger partial charge in [0.05, 0.1) is 12.0 Å². The molecule has 2 heterocycles. The Bertz CT molecular complexity index is 937. The Morgan fingerprint density at radius 1 is 1.25 bits per heavy atom. The third-order valence-electron chi connectivity index (χ3n) is 7.34. The molecule has 4 aliphatic carbocycles. The van der Waals surface area contributed by atoms with Gasteiger partial charge in [0.2, 0.25) is 5.89 Å². The van der Waals surface area contributed by atoms with Crippen molar-refractivity contribution in [2.45, 2.75) is 83.8 Å². The normalized spacial score (nSPS) is 29.8. The zero-order chi connectivity index (χ0) is 22.5. The smallest absolute Gasteiger partial charge is 0.408 e. The molecular formula is C24H35N5O3. The maximum Gasteiger partial charge on any atom is 0.408 e. The Labute approximate surface area is 189 Å². The highest BCUT2D eigenvalue weighted by molar-refractivity contribution is 5.68. The van der Waals surface area contributed by atoms with Gasteiger partial charge in [-0.1, -0.05) is 5.16 Å². The molecule has 6 rings (SSSR count). The number of imidazole rings is 1. The van der Waals surface area contributed by atoms with E-state index in [4.69, 9.17) is 14.2 Å². The second-order valence-corrected chi connectivity index (χ2v) is 11.6. The predicted octanol–water partition coefficient (Wildman–Crippen LogP) is 4.37. The summed E-state index contributed by atoms with van der Waals surface area (Å²) < 4.78 is 13.0. The standard InChI is InChI=1S/C24H35N5O3/c1-23(2,3)31-22(30)26-19(8-18-13-29(4)14-25-18)21-27-20(28-32-21)12-24-9-15-5-16(10-24)7-17(6-15)11-24/h13-17,19H,5-12H2,1-4H3,(H,26,30)/t15?,16?,17?,19-,24?/m0/s1. The van der Waals surface area contributed by atoms with Crippen LogP contribution in [0, 0.1) is 23.2 Å². The van der Waals surface area contributed by atoms with Gasteiger partial charge in [-0.15, -0.1) is 0 Å². The van der Waals surface area contributed by atoms with Crippen molar-refractivity contribution >= 4 is 6.09 Å². The van der Waals surface area contributed by atoms with E-state index < -0.39 is 17.7 Å². The molecule has 4 fully saturated rings. The van der Waals surface area contributed by atoms with Crippen LogP contribution in [0.4, 0.5) is 4.79 Å². The van der Waals surface area contributed by atoms with Gasteiger partial charge >= 0.3 is 6.09 Å². The molecule has 0 aliphatic heterocycles. The van der Waals surface area contributed by atoms with E-state index in [1.54, 1.807) is 6.33 Å². The summed E-state index contributed by atoms with van der Waals surface area (Å²) >= 11 is 0. The van der Waals surface area contributed by atoms with E-state index in [-0.39, 0.29) is 0 Å². The van der Waals surface area contributed by atoms with E-state index in [2.05, 4.69) is 15.5 Å². The quantitative estimate of drug-likeness (QED) is 0.715. The first kappa shape index (κ1) is 21.5. The minimum Gasteiger partial charge on any atom is -0.444 e.